The highest BCUT2D eigenvalue weighted by molar-refractivity contribution is 6.74. The van der Waals surface area contributed by atoms with Gasteiger partial charge in [0.25, 0.3) is 0 Å². The number of aliphatic hydroxyl groups is 1. The highest BCUT2D eigenvalue weighted by Gasteiger charge is 2.37. The SMILES string of the molecule is CC(CO)C(C)CO[Si](C)(C)C(C)(C)C. The van der Waals surface area contributed by atoms with Gasteiger partial charge in [0.1, 0.15) is 0 Å². The van der Waals surface area contributed by atoms with Crippen molar-refractivity contribution in [3.63, 3.8) is 0 Å². The van der Waals surface area contributed by atoms with Crippen LogP contribution in [0.2, 0.25) is 18.1 Å². The third kappa shape index (κ3) is 4.66. The Hall–Kier alpha value is 0.137. The molecule has 0 fully saturated rings. The fourth-order valence-corrected chi connectivity index (χ4v) is 2.01. The summed E-state index contributed by atoms with van der Waals surface area (Å²) >= 11 is 0. The van der Waals surface area contributed by atoms with E-state index in [1.807, 2.05) is 0 Å². The Kier molecular flexibility index (Phi) is 5.51. The molecule has 0 aliphatic carbocycles. The van der Waals surface area contributed by atoms with E-state index in [0.717, 1.165) is 6.61 Å². The predicted molar refractivity (Wildman–Crippen MR) is 68.6 cm³/mol. The summed E-state index contributed by atoms with van der Waals surface area (Å²) in [6.45, 7) is 16.5. The van der Waals surface area contributed by atoms with Crippen molar-refractivity contribution in [1.29, 1.82) is 0 Å². The highest BCUT2D eigenvalue weighted by atomic mass is 28.4. The molecule has 0 spiro atoms. The Balaban J connectivity index is 4.16. The van der Waals surface area contributed by atoms with Crippen LogP contribution in [-0.2, 0) is 4.43 Å². The molecule has 0 aliphatic rings. The molecule has 0 heterocycles. The van der Waals surface area contributed by atoms with E-state index in [4.69, 9.17) is 9.53 Å². The summed E-state index contributed by atoms with van der Waals surface area (Å²) in [6.07, 6.45) is 0. The van der Waals surface area contributed by atoms with Crippen molar-refractivity contribution in [2.75, 3.05) is 13.2 Å². The van der Waals surface area contributed by atoms with Gasteiger partial charge < -0.3 is 9.53 Å². The first-order chi connectivity index (χ1) is 6.62. The maximum atomic E-state index is 9.05. The molecule has 0 bridgehead atoms. The molecule has 2 unspecified atom stereocenters. The van der Waals surface area contributed by atoms with Crippen molar-refractivity contribution in [2.24, 2.45) is 11.8 Å². The number of aliphatic hydroxyl groups excluding tert-OH is 1. The predicted octanol–water partition coefficient (Wildman–Crippen LogP) is 3.27. The van der Waals surface area contributed by atoms with E-state index in [2.05, 4.69) is 47.7 Å². The molecular formula is C12H28O2Si. The van der Waals surface area contributed by atoms with Gasteiger partial charge in [0, 0.05) is 13.2 Å². The molecule has 0 radical (unpaired) electrons. The summed E-state index contributed by atoms with van der Waals surface area (Å²) in [5.74, 6) is 0.763. The van der Waals surface area contributed by atoms with Crippen molar-refractivity contribution < 1.29 is 9.53 Å². The summed E-state index contributed by atoms with van der Waals surface area (Å²) in [5, 5.41) is 9.32. The molecule has 0 aromatic rings. The minimum atomic E-state index is -1.61. The second kappa shape index (κ2) is 5.46. The van der Waals surface area contributed by atoms with Crippen LogP contribution in [0, 0.1) is 11.8 Å². The zero-order valence-corrected chi connectivity index (χ0v) is 12.4. The lowest BCUT2D eigenvalue weighted by molar-refractivity contribution is 0.144. The van der Waals surface area contributed by atoms with E-state index < -0.39 is 8.32 Å². The molecule has 2 nitrogen and oxygen atoms in total. The van der Waals surface area contributed by atoms with Gasteiger partial charge >= 0.3 is 0 Å². The number of hydrogen-bond donors (Lipinski definition) is 1. The first-order valence-electron chi connectivity index (χ1n) is 5.86. The summed E-state index contributed by atoms with van der Waals surface area (Å²) in [7, 11) is -1.61. The Labute approximate surface area is 96.2 Å². The van der Waals surface area contributed by atoms with Crippen LogP contribution in [0.3, 0.4) is 0 Å². The minimum Gasteiger partial charge on any atom is -0.417 e. The van der Waals surface area contributed by atoms with Gasteiger partial charge in [-0.25, -0.2) is 0 Å². The molecule has 92 valence electrons. The summed E-state index contributed by atoms with van der Waals surface area (Å²) in [4.78, 5) is 0. The third-order valence-electron chi connectivity index (χ3n) is 3.77. The first kappa shape index (κ1) is 15.1. The quantitative estimate of drug-likeness (QED) is 0.737. The molecule has 15 heavy (non-hydrogen) atoms. The van der Waals surface area contributed by atoms with Crippen molar-refractivity contribution in [1.82, 2.24) is 0 Å². The third-order valence-corrected chi connectivity index (χ3v) is 8.27. The Morgan fingerprint density at radius 2 is 1.60 bits per heavy atom. The maximum Gasteiger partial charge on any atom is 0.191 e. The zero-order chi connectivity index (χ0) is 12.3. The Bertz CT molecular complexity index is 185. The lowest BCUT2D eigenvalue weighted by Gasteiger charge is -2.37. The topological polar surface area (TPSA) is 29.5 Å². The lowest BCUT2D eigenvalue weighted by Crippen LogP contribution is -2.42. The smallest absolute Gasteiger partial charge is 0.191 e. The molecule has 0 aromatic heterocycles. The van der Waals surface area contributed by atoms with Crippen molar-refractivity contribution >= 4 is 8.32 Å². The fraction of sp³-hybridized carbons (Fsp3) is 1.00. The lowest BCUT2D eigenvalue weighted by atomic mass is 9.98. The van der Waals surface area contributed by atoms with Crippen LogP contribution in [0.15, 0.2) is 0 Å². The average molecular weight is 232 g/mol. The van der Waals surface area contributed by atoms with Crippen LogP contribution in [-0.4, -0.2) is 26.6 Å². The molecule has 3 heteroatoms. The zero-order valence-electron chi connectivity index (χ0n) is 11.4. The molecule has 0 rings (SSSR count). The summed E-state index contributed by atoms with van der Waals surface area (Å²) in [5.41, 5.74) is 0. The molecule has 1 N–H and O–H groups in total. The molecule has 0 saturated carbocycles. The molecule has 0 amide bonds. The van der Waals surface area contributed by atoms with Crippen LogP contribution < -0.4 is 0 Å². The molecule has 0 saturated heterocycles. The van der Waals surface area contributed by atoms with Crippen LogP contribution >= 0.6 is 0 Å². The molecule has 2 atom stereocenters. The van der Waals surface area contributed by atoms with E-state index in [9.17, 15) is 0 Å². The monoisotopic (exact) mass is 232 g/mol. The molecule has 0 aromatic carbocycles. The van der Waals surface area contributed by atoms with Crippen LogP contribution in [0.4, 0.5) is 0 Å². The molecule has 0 aliphatic heterocycles. The van der Waals surface area contributed by atoms with E-state index >= 15 is 0 Å². The summed E-state index contributed by atoms with van der Waals surface area (Å²) in [6, 6.07) is 0. The van der Waals surface area contributed by atoms with Crippen LogP contribution in [0.1, 0.15) is 34.6 Å². The van der Waals surface area contributed by atoms with Gasteiger partial charge in [-0.15, -0.1) is 0 Å². The average Bonchev–Trinajstić information content (AvgIpc) is 2.11. The van der Waals surface area contributed by atoms with Crippen molar-refractivity contribution in [3.05, 3.63) is 0 Å². The molecular weight excluding hydrogens is 204 g/mol. The number of hydrogen-bond acceptors (Lipinski definition) is 2. The van der Waals surface area contributed by atoms with E-state index in [0.29, 0.717) is 11.8 Å². The fourth-order valence-electron chi connectivity index (χ4n) is 0.900. The first-order valence-corrected chi connectivity index (χ1v) is 8.77. The van der Waals surface area contributed by atoms with E-state index in [1.165, 1.54) is 0 Å². The van der Waals surface area contributed by atoms with Gasteiger partial charge in [-0.2, -0.15) is 0 Å². The van der Waals surface area contributed by atoms with Crippen LogP contribution in [0.25, 0.3) is 0 Å². The summed E-state index contributed by atoms with van der Waals surface area (Å²) < 4.78 is 6.11. The van der Waals surface area contributed by atoms with Gasteiger partial charge in [0.05, 0.1) is 0 Å². The van der Waals surface area contributed by atoms with E-state index in [-0.39, 0.29) is 11.6 Å². The number of rotatable bonds is 5. The standard InChI is InChI=1S/C12H28O2Si/c1-10(8-13)11(2)9-14-15(6,7)12(3,4)5/h10-11,13H,8-9H2,1-7H3. The van der Waals surface area contributed by atoms with Gasteiger partial charge in [-0.1, -0.05) is 34.6 Å². The maximum absolute atomic E-state index is 9.05. The van der Waals surface area contributed by atoms with Crippen molar-refractivity contribution in [3.8, 4) is 0 Å². The van der Waals surface area contributed by atoms with Gasteiger partial charge in [-0.05, 0) is 30.0 Å². The highest BCUT2D eigenvalue weighted by Crippen LogP contribution is 2.36. The normalized spacial score (nSPS) is 17.6. The Morgan fingerprint density at radius 1 is 1.13 bits per heavy atom. The van der Waals surface area contributed by atoms with Gasteiger partial charge in [0.15, 0.2) is 8.32 Å². The van der Waals surface area contributed by atoms with E-state index in [1.54, 1.807) is 0 Å². The largest absolute Gasteiger partial charge is 0.417 e. The van der Waals surface area contributed by atoms with Crippen LogP contribution in [0.5, 0.6) is 0 Å². The van der Waals surface area contributed by atoms with Crippen molar-refractivity contribution in [2.45, 2.75) is 52.8 Å². The second-order valence-electron chi connectivity index (χ2n) is 6.21. The minimum absolute atomic E-state index is 0.252. The van der Waals surface area contributed by atoms with Gasteiger partial charge in [0.2, 0.25) is 0 Å². The second-order valence-corrected chi connectivity index (χ2v) is 11.0. The van der Waals surface area contributed by atoms with Gasteiger partial charge in [-0.3, -0.25) is 0 Å². The Morgan fingerprint density at radius 3 is 1.93 bits per heavy atom.